The summed E-state index contributed by atoms with van der Waals surface area (Å²) in [4.78, 5) is 4.70. The Balaban J connectivity index is 2.72. The predicted molar refractivity (Wildman–Crippen MR) is 79.7 cm³/mol. The quantitative estimate of drug-likeness (QED) is 0.863. The molecule has 0 saturated carbocycles. The molecule has 1 heterocycles. The monoisotopic (exact) mass is 262 g/mol. The summed E-state index contributed by atoms with van der Waals surface area (Å²) in [6, 6.07) is 6.20. The number of fused-ring (bicyclic) bond motifs is 1. The van der Waals surface area contributed by atoms with Gasteiger partial charge in [-0.05, 0) is 43.5 Å². The summed E-state index contributed by atoms with van der Waals surface area (Å²) in [5, 5.41) is 5.33. The average molecular weight is 263 g/mol. The molecule has 0 fully saturated rings. The first kappa shape index (κ1) is 13.2. The zero-order valence-corrected chi connectivity index (χ0v) is 12.1. The molecule has 3 heteroatoms. The Morgan fingerprint density at radius 3 is 2.61 bits per heavy atom. The first-order valence-corrected chi connectivity index (χ1v) is 6.75. The van der Waals surface area contributed by atoms with Crippen LogP contribution in [0.5, 0.6) is 0 Å². The first-order valence-electron chi connectivity index (χ1n) is 6.37. The van der Waals surface area contributed by atoms with E-state index in [9.17, 15) is 0 Å². The number of aromatic nitrogens is 1. The first-order chi connectivity index (χ1) is 8.52. The summed E-state index contributed by atoms with van der Waals surface area (Å²) in [5.41, 5.74) is 4.29. The van der Waals surface area contributed by atoms with Crippen molar-refractivity contribution in [3.8, 4) is 0 Å². The molecule has 2 rings (SSSR count). The smallest absolute Gasteiger partial charge is 0.0741 e. The van der Waals surface area contributed by atoms with Crippen molar-refractivity contribution in [3.05, 3.63) is 34.5 Å². The van der Waals surface area contributed by atoms with E-state index in [0.717, 1.165) is 39.4 Å². The molecule has 1 aromatic carbocycles. The molecular weight excluding hydrogens is 244 g/mol. The van der Waals surface area contributed by atoms with Gasteiger partial charge in [-0.25, -0.2) is 0 Å². The van der Waals surface area contributed by atoms with E-state index in [1.807, 2.05) is 13.0 Å². The third-order valence-electron chi connectivity index (χ3n) is 3.07. The van der Waals surface area contributed by atoms with Gasteiger partial charge in [0.25, 0.3) is 0 Å². The second kappa shape index (κ2) is 5.15. The fourth-order valence-corrected chi connectivity index (χ4v) is 2.17. The second-order valence-corrected chi connectivity index (χ2v) is 5.31. The molecular formula is C15H19ClN2. The van der Waals surface area contributed by atoms with Gasteiger partial charge in [0.2, 0.25) is 0 Å². The minimum Gasteiger partial charge on any atom is -0.385 e. The molecule has 2 aromatic rings. The van der Waals surface area contributed by atoms with E-state index in [0.29, 0.717) is 5.92 Å². The summed E-state index contributed by atoms with van der Waals surface area (Å²) >= 11 is 6.19. The minimum absolute atomic E-state index is 0.409. The summed E-state index contributed by atoms with van der Waals surface area (Å²) in [5.74, 6) is 0.409. The molecule has 1 aromatic heterocycles. The molecule has 18 heavy (non-hydrogen) atoms. The van der Waals surface area contributed by atoms with Gasteiger partial charge in [-0.2, -0.15) is 0 Å². The van der Waals surface area contributed by atoms with Crippen LogP contribution in [-0.2, 0) is 0 Å². The van der Waals surface area contributed by atoms with E-state index >= 15 is 0 Å². The van der Waals surface area contributed by atoms with Gasteiger partial charge in [0, 0.05) is 28.3 Å². The lowest BCUT2D eigenvalue weighted by atomic mass is 10.0. The maximum absolute atomic E-state index is 6.19. The summed E-state index contributed by atoms with van der Waals surface area (Å²) in [7, 11) is 0. The lowest BCUT2D eigenvalue weighted by molar-refractivity contribution is 0.830. The topological polar surface area (TPSA) is 24.9 Å². The van der Waals surface area contributed by atoms with Gasteiger partial charge >= 0.3 is 0 Å². The molecule has 0 spiro atoms. The number of benzene rings is 1. The van der Waals surface area contributed by atoms with Crippen molar-refractivity contribution >= 4 is 28.2 Å². The fourth-order valence-electron chi connectivity index (χ4n) is 2.01. The third-order valence-corrected chi connectivity index (χ3v) is 3.47. The number of hydrogen-bond acceptors (Lipinski definition) is 2. The highest BCUT2D eigenvalue weighted by molar-refractivity contribution is 6.32. The van der Waals surface area contributed by atoms with Crippen molar-refractivity contribution in [2.45, 2.75) is 33.6 Å². The van der Waals surface area contributed by atoms with Crippen LogP contribution in [0.4, 0.5) is 5.69 Å². The number of nitrogens with one attached hydrogen (secondary N) is 1. The van der Waals surface area contributed by atoms with Crippen LogP contribution in [0, 0.1) is 6.92 Å². The van der Waals surface area contributed by atoms with Crippen LogP contribution in [0.1, 0.15) is 37.9 Å². The Morgan fingerprint density at radius 2 is 2.00 bits per heavy atom. The zero-order valence-electron chi connectivity index (χ0n) is 11.3. The van der Waals surface area contributed by atoms with E-state index in [1.54, 1.807) is 0 Å². The zero-order chi connectivity index (χ0) is 13.3. The van der Waals surface area contributed by atoms with E-state index in [4.69, 9.17) is 16.6 Å². The molecule has 0 aliphatic carbocycles. The van der Waals surface area contributed by atoms with Crippen molar-refractivity contribution in [1.29, 1.82) is 0 Å². The molecule has 0 unspecified atom stereocenters. The number of anilines is 1. The normalized spacial score (nSPS) is 11.2. The van der Waals surface area contributed by atoms with Gasteiger partial charge in [-0.3, -0.25) is 4.98 Å². The van der Waals surface area contributed by atoms with E-state index in [-0.39, 0.29) is 0 Å². The highest BCUT2D eigenvalue weighted by Gasteiger charge is 2.09. The lowest BCUT2D eigenvalue weighted by Gasteiger charge is -2.13. The van der Waals surface area contributed by atoms with Crippen molar-refractivity contribution in [2.75, 3.05) is 11.9 Å². The van der Waals surface area contributed by atoms with E-state index < -0.39 is 0 Å². The molecule has 96 valence electrons. The second-order valence-electron chi connectivity index (χ2n) is 4.90. The largest absolute Gasteiger partial charge is 0.385 e. The standard InChI is InChI=1S/C15H19ClN2/c1-5-17-14-8-13(9(2)3)18-15-7-12(16)10(4)6-11(14)15/h6-9H,5H2,1-4H3,(H,17,18). The maximum Gasteiger partial charge on any atom is 0.0741 e. The van der Waals surface area contributed by atoms with Gasteiger partial charge < -0.3 is 5.32 Å². The number of pyridine rings is 1. The summed E-state index contributed by atoms with van der Waals surface area (Å²) in [6.07, 6.45) is 0. The fraction of sp³-hybridized carbons (Fsp3) is 0.400. The lowest BCUT2D eigenvalue weighted by Crippen LogP contribution is -2.02. The van der Waals surface area contributed by atoms with Crippen molar-refractivity contribution in [1.82, 2.24) is 4.98 Å². The molecule has 0 bridgehead atoms. The number of hydrogen-bond donors (Lipinski definition) is 1. The van der Waals surface area contributed by atoms with E-state index in [2.05, 4.69) is 38.2 Å². The highest BCUT2D eigenvalue weighted by atomic mass is 35.5. The van der Waals surface area contributed by atoms with Gasteiger partial charge in [0.1, 0.15) is 0 Å². The molecule has 0 atom stereocenters. The van der Waals surface area contributed by atoms with Gasteiger partial charge in [0.05, 0.1) is 5.52 Å². The van der Waals surface area contributed by atoms with Crippen molar-refractivity contribution in [3.63, 3.8) is 0 Å². The molecule has 0 aliphatic rings. The van der Waals surface area contributed by atoms with Gasteiger partial charge in [-0.1, -0.05) is 25.4 Å². The maximum atomic E-state index is 6.19. The van der Waals surface area contributed by atoms with Crippen LogP contribution in [-0.4, -0.2) is 11.5 Å². The number of nitrogens with zero attached hydrogens (tertiary/aromatic N) is 1. The van der Waals surface area contributed by atoms with Crippen LogP contribution in [0.3, 0.4) is 0 Å². The Hall–Kier alpha value is -1.28. The van der Waals surface area contributed by atoms with Crippen molar-refractivity contribution in [2.24, 2.45) is 0 Å². The molecule has 0 saturated heterocycles. The predicted octanol–water partition coefficient (Wildman–Crippen LogP) is 4.75. The van der Waals surface area contributed by atoms with Gasteiger partial charge in [0.15, 0.2) is 0 Å². The van der Waals surface area contributed by atoms with Gasteiger partial charge in [-0.15, -0.1) is 0 Å². The van der Waals surface area contributed by atoms with E-state index in [1.165, 1.54) is 0 Å². The SMILES string of the molecule is CCNc1cc(C(C)C)nc2cc(Cl)c(C)cc12. The Labute approximate surface area is 113 Å². The Kier molecular flexibility index (Phi) is 3.76. The van der Waals surface area contributed by atoms with Crippen molar-refractivity contribution < 1.29 is 0 Å². The number of rotatable bonds is 3. The van der Waals surface area contributed by atoms with Crippen LogP contribution in [0.25, 0.3) is 10.9 Å². The molecule has 1 N–H and O–H groups in total. The van der Waals surface area contributed by atoms with Crippen LogP contribution >= 0.6 is 11.6 Å². The van der Waals surface area contributed by atoms with Crippen LogP contribution in [0.15, 0.2) is 18.2 Å². The molecule has 2 nitrogen and oxygen atoms in total. The van der Waals surface area contributed by atoms with Crippen LogP contribution < -0.4 is 5.32 Å². The highest BCUT2D eigenvalue weighted by Crippen LogP contribution is 2.30. The minimum atomic E-state index is 0.409. The Morgan fingerprint density at radius 1 is 1.28 bits per heavy atom. The Bertz CT molecular complexity index is 576. The van der Waals surface area contributed by atoms with Crippen LogP contribution in [0.2, 0.25) is 5.02 Å². The summed E-state index contributed by atoms with van der Waals surface area (Å²) < 4.78 is 0. The summed E-state index contributed by atoms with van der Waals surface area (Å²) in [6.45, 7) is 9.33. The molecule has 0 amide bonds. The molecule has 0 radical (unpaired) electrons. The number of halogens is 1. The third kappa shape index (κ3) is 2.44. The average Bonchev–Trinajstić information content (AvgIpc) is 2.31. The molecule has 0 aliphatic heterocycles. The number of aryl methyl sites for hydroxylation is 1.